The van der Waals surface area contributed by atoms with Crippen LogP contribution in [0.1, 0.15) is 21.7 Å². The molecule has 0 atom stereocenters. The Balaban J connectivity index is 1.70. The number of aryl methyl sites for hydroxylation is 1. The van der Waals surface area contributed by atoms with Gasteiger partial charge in [0.2, 0.25) is 0 Å². The van der Waals surface area contributed by atoms with Crippen LogP contribution in [0.5, 0.6) is 0 Å². The first-order valence-electron chi connectivity index (χ1n) is 7.36. The van der Waals surface area contributed by atoms with Gasteiger partial charge < -0.3 is 9.73 Å². The third kappa shape index (κ3) is 3.48. The minimum absolute atomic E-state index is 0.244. The summed E-state index contributed by atoms with van der Waals surface area (Å²) in [5.41, 5.74) is 1.87. The second-order valence-electron chi connectivity index (χ2n) is 5.48. The number of halogens is 3. The molecule has 0 radical (unpaired) electrons. The van der Waals surface area contributed by atoms with Crippen molar-refractivity contribution in [3.05, 3.63) is 69.4 Å². The van der Waals surface area contributed by atoms with Gasteiger partial charge in [0, 0.05) is 28.0 Å². The average molecular weight is 394 g/mol. The standard InChI is InChI=1S/C18H14BrF2NO2/c1-10-15-8-12(19)2-3-16(15)24-17(10)18(23)22-5-4-11-6-13(20)9-14(21)7-11/h2-3,6-9H,4-5H2,1H3,(H,22,23). The van der Waals surface area contributed by atoms with Gasteiger partial charge in [0.15, 0.2) is 5.76 Å². The molecule has 124 valence electrons. The summed E-state index contributed by atoms with van der Waals surface area (Å²) in [6.07, 6.45) is 0.325. The van der Waals surface area contributed by atoms with Crippen molar-refractivity contribution in [1.82, 2.24) is 5.32 Å². The molecule has 3 rings (SSSR count). The Morgan fingerprint density at radius 2 is 1.88 bits per heavy atom. The number of carbonyl (C=O) groups is 1. The zero-order valence-corrected chi connectivity index (χ0v) is 14.4. The third-order valence-corrected chi connectivity index (χ3v) is 4.22. The molecule has 0 unspecified atom stereocenters. The number of carbonyl (C=O) groups excluding carboxylic acids is 1. The topological polar surface area (TPSA) is 42.2 Å². The summed E-state index contributed by atoms with van der Waals surface area (Å²) in [5, 5.41) is 3.58. The lowest BCUT2D eigenvalue weighted by atomic mass is 10.1. The molecule has 2 aromatic carbocycles. The van der Waals surface area contributed by atoms with Crippen molar-refractivity contribution in [2.75, 3.05) is 6.54 Å². The molecule has 6 heteroatoms. The van der Waals surface area contributed by atoms with Gasteiger partial charge in [0.05, 0.1) is 0 Å². The van der Waals surface area contributed by atoms with Crippen molar-refractivity contribution in [2.45, 2.75) is 13.3 Å². The molecule has 0 fully saturated rings. The number of hydrogen-bond donors (Lipinski definition) is 1. The van der Waals surface area contributed by atoms with E-state index in [2.05, 4.69) is 21.2 Å². The van der Waals surface area contributed by atoms with E-state index >= 15 is 0 Å². The molecular weight excluding hydrogens is 380 g/mol. The smallest absolute Gasteiger partial charge is 0.287 e. The van der Waals surface area contributed by atoms with Crippen molar-refractivity contribution in [3.8, 4) is 0 Å². The van der Waals surface area contributed by atoms with Crippen molar-refractivity contribution < 1.29 is 18.0 Å². The van der Waals surface area contributed by atoms with Gasteiger partial charge in [-0.3, -0.25) is 4.79 Å². The van der Waals surface area contributed by atoms with Crippen LogP contribution in [0.15, 0.2) is 45.3 Å². The Bertz CT molecular complexity index is 901. The van der Waals surface area contributed by atoms with Gasteiger partial charge in [0.25, 0.3) is 5.91 Å². The largest absolute Gasteiger partial charge is 0.451 e. The first-order valence-corrected chi connectivity index (χ1v) is 8.15. The lowest BCUT2D eigenvalue weighted by Crippen LogP contribution is -2.25. The van der Waals surface area contributed by atoms with Crippen LogP contribution >= 0.6 is 15.9 Å². The number of amides is 1. The maximum Gasteiger partial charge on any atom is 0.287 e. The highest BCUT2D eigenvalue weighted by Gasteiger charge is 2.17. The number of hydrogen-bond acceptors (Lipinski definition) is 2. The van der Waals surface area contributed by atoms with Crippen LogP contribution in [0.4, 0.5) is 8.78 Å². The highest BCUT2D eigenvalue weighted by Crippen LogP contribution is 2.27. The molecule has 0 bridgehead atoms. The first kappa shape index (κ1) is 16.6. The number of benzene rings is 2. The molecule has 1 heterocycles. The molecule has 24 heavy (non-hydrogen) atoms. The monoisotopic (exact) mass is 393 g/mol. The predicted molar refractivity (Wildman–Crippen MR) is 91.0 cm³/mol. The normalized spacial score (nSPS) is 11.0. The van der Waals surface area contributed by atoms with E-state index in [0.717, 1.165) is 21.5 Å². The van der Waals surface area contributed by atoms with E-state index in [9.17, 15) is 13.6 Å². The first-order chi connectivity index (χ1) is 11.4. The number of furan rings is 1. The quantitative estimate of drug-likeness (QED) is 0.694. The fourth-order valence-corrected chi connectivity index (χ4v) is 2.93. The van der Waals surface area contributed by atoms with Crippen LogP contribution in [0.25, 0.3) is 11.0 Å². The number of rotatable bonds is 4. The summed E-state index contributed by atoms with van der Waals surface area (Å²) in [4.78, 5) is 12.3. The van der Waals surface area contributed by atoms with Crippen LogP contribution in [-0.2, 0) is 6.42 Å². The molecule has 1 amide bonds. The lowest BCUT2D eigenvalue weighted by molar-refractivity contribution is 0.0928. The van der Waals surface area contributed by atoms with E-state index in [0.29, 0.717) is 17.6 Å². The van der Waals surface area contributed by atoms with Crippen LogP contribution in [0.3, 0.4) is 0 Å². The van der Waals surface area contributed by atoms with E-state index in [-0.39, 0.29) is 18.2 Å². The summed E-state index contributed by atoms with van der Waals surface area (Å²) in [6, 6.07) is 8.83. The van der Waals surface area contributed by atoms with Crippen LogP contribution in [0, 0.1) is 18.6 Å². The highest BCUT2D eigenvalue weighted by molar-refractivity contribution is 9.10. The lowest BCUT2D eigenvalue weighted by Gasteiger charge is -2.05. The zero-order chi connectivity index (χ0) is 17.3. The molecule has 0 saturated heterocycles. The maximum absolute atomic E-state index is 13.1. The Morgan fingerprint density at radius 3 is 2.58 bits per heavy atom. The van der Waals surface area contributed by atoms with Gasteiger partial charge in [-0.25, -0.2) is 8.78 Å². The summed E-state index contributed by atoms with van der Waals surface area (Å²) >= 11 is 3.39. The molecule has 0 aliphatic rings. The van der Waals surface area contributed by atoms with Crippen molar-refractivity contribution >= 4 is 32.8 Å². The third-order valence-electron chi connectivity index (χ3n) is 3.73. The molecule has 1 aromatic heterocycles. The molecule has 0 aliphatic carbocycles. The molecule has 3 aromatic rings. The Labute approximate surface area is 145 Å². The fraction of sp³-hybridized carbons (Fsp3) is 0.167. The Morgan fingerprint density at radius 1 is 1.17 bits per heavy atom. The van der Waals surface area contributed by atoms with Gasteiger partial charge in [-0.05, 0) is 49.2 Å². The molecule has 1 N–H and O–H groups in total. The van der Waals surface area contributed by atoms with Gasteiger partial charge in [-0.2, -0.15) is 0 Å². The maximum atomic E-state index is 13.1. The summed E-state index contributed by atoms with van der Waals surface area (Å²) in [6.45, 7) is 2.07. The van der Waals surface area contributed by atoms with Gasteiger partial charge in [-0.1, -0.05) is 15.9 Å². The van der Waals surface area contributed by atoms with Gasteiger partial charge in [-0.15, -0.1) is 0 Å². The SMILES string of the molecule is Cc1c(C(=O)NCCc2cc(F)cc(F)c2)oc2ccc(Br)cc12. The molecule has 0 aliphatic heterocycles. The molecule has 3 nitrogen and oxygen atoms in total. The molecule has 0 saturated carbocycles. The minimum Gasteiger partial charge on any atom is -0.451 e. The van der Waals surface area contributed by atoms with Crippen LogP contribution in [0.2, 0.25) is 0 Å². The van der Waals surface area contributed by atoms with Crippen LogP contribution in [-0.4, -0.2) is 12.5 Å². The van der Waals surface area contributed by atoms with Gasteiger partial charge in [0.1, 0.15) is 17.2 Å². The second-order valence-corrected chi connectivity index (χ2v) is 6.40. The van der Waals surface area contributed by atoms with Crippen molar-refractivity contribution in [3.63, 3.8) is 0 Å². The highest BCUT2D eigenvalue weighted by atomic mass is 79.9. The van der Waals surface area contributed by atoms with Crippen molar-refractivity contribution in [1.29, 1.82) is 0 Å². The average Bonchev–Trinajstić information content (AvgIpc) is 2.83. The second kappa shape index (κ2) is 6.73. The Hall–Kier alpha value is -2.21. The predicted octanol–water partition coefficient (Wildman–Crippen LogP) is 4.75. The molecular formula is C18H14BrF2NO2. The van der Waals surface area contributed by atoms with E-state index in [4.69, 9.17) is 4.42 Å². The fourth-order valence-electron chi connectivity index (χ4n) is 2.57. The zero-order valence-electron chi connectivity index (χ0n) is 12.8. The van der Waals surface area contributed by atoms with Crippen LogP contribution < -0.4 is 5.32 Å². The van der Waals surface area contributed by atoms with E-state index in [1.807, 2.05) is 19.1 Å². The van der Waals surface area contributed by atoms with E-state index in [1.54, 1.807) is 6.07 Å². The van der Waals surface area contributed by atoms with Gasteiger partial charge >= 0.3 is 0 Å². The van der Waals surface area contributed by atoms with E-state index < -0.39 is 11.6 Å². The van der Waals surface area contributed by atoms with Crippen molar-refractivity contribution in [2.24, 2.45) is 0 Å². The summed E-state index contributed by atoms with van der Waals surface area (Å²) in [5.74, 6) is -1.37. The summed E-state index contributed by atoms with van der Waals surface area (Å²) in [7, 11) is 0. The summed E-state index contributed by atoms with van der Waals surface area (Å²) < 4.78 is 32.8. The molecule has 0 spiro atoms. The minimum atomic E-state index is -0.630. The number of fused-ring (bicyclic) bond motifs is 1. The Kier molecular flexibility index (Phi) is 4.66. The van der Waals surface area contributed by atoms with E-state index in [1.165, 1.54) is 12.1 Å². The number of nitrogens with one attached hydrogen (secondary N) is 1.